The molecule has 38 heteroatoms. The number of benzene rings is 8. The number of morpholine rings is 2. The van der Waals surface area contributed by atoms with Crippen LogP contribution < -0.4 is 60.8 Å². The summed E-state index contributed by atoms with van der Waals surface area (Å²) in [5.74, 6) is 2.88. The summed E-state index contributed by atoms with van der Waals surface area (Å²) in [6.45, 7) is 12.5. The van der Waals surface area contributed by atoms with E-state index in [1.54, 1.807) is 129 Å². The molecule has 2 fully saturated rings. The third-order valence-electron chi connectivity index (χ3n) is 21.8. The number of carbonyl (C=O) groups is 7. The molecular weight excluding hydrogens is 1790 g/mol. The summed E-state index contributed by atoms with van der Waals surface area (Å²) in [6, 6.07) is 55.8. The van der Waals surface area contributed by atoms with Gasteiger partial charge in [-0.1, -0.05) is 72.3 Å². The van der Waals surface area contributed by atoms with Crippen LogP contribution in [0.5, 0.6) is 28.7 Å². The molecule has 8 aromatic heterocycles. The molecule has 9 amide bonds. The van der Waals surface area contributed by atoms with E-state index in [-0.39, 0.29) is 22.5 Å². The monoisotopic (exact) mass is 1870 g/mol. The summed E-state index contributed by atoms with van der Waals surface area (Å²) >= 11 is 10.1. The number of aromatic nitrogens is 9. The van der Waals surface area contributed by atoms with Crippen molar-refractivity contribution in [3.8, 4) is 28.7 Å². The Hall–Kier alpha value is -15.6. The van der Waals surface area contributed by atoms with Crippen LogP contribution in [0, 0.1) is 5.82 Å². The van der Waals surface area contributed by atoms with Gasteiger partial charge in [0.25, 0.3) is 17.7 Å². The van der Waals surface area contributed by atoms with Crippen molar-refractivity contribution in [3.63, 3.8) is 0 Å². The molecule has 134 heavy (non-hydrogen) atoms. The van der Waals surface area contributed by atoms with E-state index in [4.69, 9.17) is 40.0 Å². The minimum absolute atomic E-state index is 0.280. The number of nitrogens with zero attached hydrogens (tertiary/aromatic N) is 13. The molecule has 2 saturated heterocycles. The topological polar surface area (TPSA) is 382 Å². The number of anilines is 12. The fourth-order valence-corrected chi connectivity index (χ4v) is 18.8. The van der Waals surface area contributed by atoms with Gasteiger partial charge in [-0.15, -0.1) is 34.0 Å². The quantitative estimate of drug-likeness (QED) is 0.0218. The minimum Gasteiger partial charge on any atom is -0.493 e. The van der Waals surface area contributed by atoms with Gasteiger partial charge in [0.05, 0.1) is 112 Å². The van der Waals surface area contributed by atoms with Crippen LogP contribution in [0.4, 0.5) is 87.4 Å². The lowest BCUT2D eigenvalue weighted by Gasteiger charge is -2.27. The summed E-state index contributed by atoms with van der Waals surface area (Å²) in [4.78, 5) is 142. The number of thiophene rings is 3. The number of hydrogen-bond donors (Lipinski definition) is 7. The Bertz CT molecular complexity index is 7230. The zero-order valence-electron chi connectivity index (χ0n) is 71.3. The van der Waals surface area contributed by atoms with Crippen molar-refractivity contribution in [2.75, 3.05) is 112 Å². The van der Waals surface area contributed by atoms with Crippen LogP contribution in [-0.2, 0) is 38.5 Å². The average Bonchev–Trinajstić information content (AvgIpc) is 1.66. The number of esters is 1. The molecule has 33 nitrogen and oxygen atoms in total. The predicted molar refractivity (Wildman–Crippen MR) is 512 cm³/mol. The maximum atomic E-state index is 13.7. The van der Waals surface area contributed by atoms with Crippen LogP contribution in [0.25, 0.3) is 47.8 Å². The molecular formula is C96H78ClFN20O13S3. The predicted octanol–water partition coefficient (Wildman–Crippen LogP) is 19.8. The highest BCUT2D eigenvalue weighted by molar-refractivity contribution is 7.22. The normalized spacial score (nSPS) is 14.0. The molecule has 0 saturated carbocycles. The number of urea groups is 3. The lowest BCUT2D eigenvalue weighted by molar-refractivity contribution is -0.137. The number of ether oxygens (including phenoxy) is 6. The second kappa shape index (κ2) is 39.2. The van der Waals surface area contributed by atoms with Gasteiger partial charge in [-0.2, -0.15) is 0 Å². The molecule has 0 unspecified atom stereocenters. The lowest BCUT2D eigenvalue weighted by atomic mass is 10.1. The van der Waals surface area contributed by atoms with Gasteiger partial charge in [-0.3, -0.25) is 29.2 Å². The second-order valence-electron chi connectivity index (χ2n) is 30.7. The van der Waals surface area contributed by atoms with E-state index in [0.29, 0.717) is 187 Å². The van der Waals surface area contributed by atoms with Crippen molar-refractivity contribution in [3.05, 3.63) is 285 Å². The number of pyridine rings is 1. The van der Waals surface area contributed by atoms with Crippen molar-refractivity contribution >= 4 is 204 Å². The van der Waals surface area contributed by atoms with E-state index in [1.165, 1.54) is 74.6 Å². The lowest BCUT2D eigenvalue weighted by Crippen LogP contribution is -2.35. The number of carbonyl (C=O) groups excluding carboxylic acids is 7. The molecule has 0 bridgehead atoms. The first kappa shape index (κ1) is 87.7. The Morgan fingerprint density at radius 1 is 0.507 bits per heavy atom. The van der Waals surface area contributed by atoms with E-state index in [2.05, 4.69) is 86.6 Å². The zero-order chi connectivity index (χ0) is 91.9. The molecule has 0 atom stereocenters. The molecule has 7 N–H and O–H groups in total. The van der Waals surface area contributed by atoms with E-state index in [9.17, 15) is 38.0 Å². The number of imidazole rings is 1. The highest BCUT2D eigenvalue weighted by Gasteiger charge is 2.39. The van der Waals surface area contributed by atoms with Gasteiger partial charge in [-0.25, -0.2) is 73.2 Å². The molecule has 16 aromatic rings. The van der Waals surface area contributed by atoms with E-state index < -0.39 is 30.0 Å². The molecule has 5 aliphatic heterocycles. The molecule has 13 heterocycles. The van der Waals surface area contributed by atoms with Crippen molar-refractivity contribution in [2.24, 2.45) is 0 Å². The first-order chi connectivity index (χ1) is 65.5. The third-order valence-corrected chi connectivity index (χ3v) is 25.4. The Balaban J connectivity index is 0.000000129. The Labute approximate surface area is 779 Å². The fourth-order valence-electron chi connectivity index (χ4n) is 15.6. The summed E-state index contributed by atoms with van der Waals surface area (Å²) < 4.78 is 47.1. The van der Waals surface area contributed by atoms with Gasteiger partial charge < -0.3 is 65.3 Å². The van der Waals surface area contributed by atoms with Crippen LogP contribution >= 0.6 is 45.6 Å². The number of rotatable bonds is 24. The fraction of sp³-hybridized carbons (Fsp3) is 0.156. The van der Waals surface area contributed by atoms with Crippen LogP contribution in [0.3, 0.4) is 0 Å². The molecule has 5 aliphatic rings. The second-order valence-corrected chi connectivity index (χ2v) is 34.1. The molecule has 0 aliphatic carbocycles. The van der Waals surface area contributed by atoms with Crippen LogP contribution in [0.2, 0.25) is 5.02 Å². The van der Waals surface area contributed by atoms with Crippen molar-refractivity contribution in [2.45, 2.75) is 33.4 Å². The first-order valence-corrected chi connectivity index (χ1v) is 45.2. The summed E-state index contributed by atoms with van der Waals surface area (Å²) in [5.41, 5.74) is 9.60. The number of amides is 9. The number of fused-ring (bicyclic) bond motifs is 1. The summed E-state index contributed by atoms with van der Waals surface area (Å²) in [6.07, 6.45) is 10.7. The number of hydrogen-bond acceptors (Lipinski definition) is 26. The Morgan fingerprint density at radius 3 is 1.60 bits per heavy atom. The molecule has 0 spiro atoms. The van der Waals surface area contributed by atoms with E-state index >= 15 is 0 Å². The SMILES string of the molecule is CCOC(=O)/C=C\c1ccc(NC(=O)c2sc3ncnc4c3c2NC(=O)N4c2ccc3nc(Cc4cccc(F)c4)[nH]c3c2)cc1.CCOc1cc(NC(=O)c2sc3ncnc4c3c2NC(=O)N4c2ccc(Oc3ccccc3)cc2)ccc1CN1CCOCC1.O=C(Nc1ccc(CN2CCOCC2)cc1)c1sc2ncnc3c2c1NC(=O)N3c1ccc(Oc2cccnc2)c(Cl)c1. The van der Waals surface area contributed by atoms with E-state index in [1.807, 2.05) is 85.8 Å². The van der Waals surface area contributed by atoms with Crippen LogP contribution in [0.1, 0.15) is 70.9 Å². The molecule has 8 aromatic carbocycles. The Morgan fingerprint density at radius 2 is 1.04 bits per heavy atom. The third kappa shape index (κ3) is 19.2. The largest absolute Gasteiger partial charge is 0.493 e. The van der Waals surface area contributed by atoms with Crippen molar-refractivity contribution in [1.29, 1.82) is 0 Å². The van der Waals surface area contributed by atoms with Crippen molar-refractivity contribution in [1.82, 2.24) is 54.7 Å². The molecule has 0 radical (unpaired) electrons. The number of H-pyrrole nitrogens is 1. The Kier molecular flexibility index (Phi) is 25.7. The number of halogens is 2. The van der Waals surface area contributed by atoms with Gasteiger partial charge in [0.2, 0.25) is 0 Å². The average molecular weight is 1870 g/mol. The number of aromatic amines is 1. The zero-order valence-corrected chi connectivity index (χ0v) is 74.5. The number of nitrogens with one attached hydrogen (secondary N) is 7. The van der Waals surface area contributed by atoms with Gasteiger partial charge in [-0.05, 0) is 164 Å². The summed E-state index contributed by atoms with van der Waals surface area (Å²) in [7, 11) is 0. The van der Waals surface area contributed by atoms with Gasteiger partial charge >= 0.3 is 24.1 Å². The highest BCUT2D eigenvalue weighted by atomic mass is 35.5. The smallest absolute Gasteiger partial charge is 0.332 e. The van der Waals surface area contributed by atoms with Gasteiger partial charge in [0.15, 0.2) is 17.5 Å². The minimum atomic E-state index is -0.489. The maximum Gasteiger partial charge on any atom is 0.332 e. The summed E-state index contributed by atoms with van der Waals surface area (Å²) in [5, 5.41) is 19.5. The van der Waals surface area contributed by atoms with E-state index in [0.717, 1.165) is 91.8 Å². The molecule has 672 valence electrons. The van der Waals surface area contributed by atoms with Crippen molar-refractivity contribution < 1.29 is 66.4 Å². The highest BCUT2D eigenvalue weighted by Crippen LogP contribution is 2.50. The standard InChI is InChI=1S/C33H24FN7O4S.C33H30N6O5S.C30H24ClN7O4S/c1-2-45-26(42)13-8-18-6-9-21(10-7-18)37-31(43)29-28-27-30(35-17-36-32(27)46-29)41(33(44)40-28)22-11-12-23-24(16-22)39-25(38-23)15-19-4-3-5-20(34)14-19;1-2-43-26-18-22(9-8-21(26)19-38-14-16-42-17-15-38)36-31(40)29-28-27-30(34-20-35-32(27)45-29)39(33(41)37-28)23-10-12-25(13-11-23)44-24-6-4-3-5-7-24;31-22-14-20(7-8-23(22)42-21-2-1-9-32-15-21)38-27-24-25(36-30(38)40)26(43-29(24)34-17-33-27)28(39)35-19-5-3-18(4-6-19)16-37-10-12-41-13-11-37/h3-14,16-17H,2,15H2,1H3,(H,37,43)(H,38,39)(H,40,44);3-13,18,20H,2,14-17,19H2,1H3,(H,36,40)(H,37,41);1-9,14-15,17H,10-13,16H2,(H,35,39)(H,36,40)/b13-8-;;. The van der Waals surface area contributed by atoms with Gasteiger partial charge in [0.1, 0.15) is 88.5 Å². The van der Waals surface area contributed by atoms with Gasteiger partial charge in [0, 0.05) is 86.7 Å². The molecule has 21 rings (SSSR count). The first-order valence-electron chi connectivity index (χ1n) is 42.4. The maximum absolute atomic E-state index is 13.7. The van der Waals surface area contributed by atoms with Crippen LogP contribution in [0.15, 0.2) is 232 Å². The number of para-hydroxylation sites is 1. The van der Waals surface area contributed by atoms with Crippen LogP contribution in [-0.4, -0.2) is 162 Å².